The van der Waals surface area contributed by atoms with E-state index >= 15 is 0 Å². The molecule has 0 heterocycles. The second kappa shape index (κ2) is 33.8. The zero-order chi connectivity index (χ0) is 3.58. The Balaban J connectivity index is -0.00000000450. The fourth-order valence-electron chi connectivity index (χ4n) is 0. The first kappa shape index (κ1) is 46.7. The van der Waals surface area contributed by atoms with Gasteiger partial charge in [-0.2, -0.15) is 0 Å². The van der Waals surface area contributed by atoms with Crippen LogP contribution in [-0.2, 0) is 0 Å². The van der Waals surface area contributed by atoms with Crippen molar-refractivity contribution in [2.45, 2.75) is 0 Å². The number of carbonyl (C=O) groups is 1. The molecule has 0 aromatic carbocycles. The Morgan fingerprint density at radius 2 is 1.00 bits per heavy atom. The van der Waals surface area contributed by atoms with Gasteiger partial charge in [-0.15, -0.1) is 0 Å². The molecule has 0 saturated heterocycles. The van der Waals surface area contributed by atoms with E-state index in [0.29, 0.717) is 0 Å². The maximum absolute atomic E-state index is 8.56. The molecule has 0 bridgehead atoms. The van der Waals surface area contributed by atoms with Crippen LogP contribution in [0.3, 0.4) is 0 Å². The molecule has 8 heteroatoms. The average molecular weight is 200 g/mol. The van der Waals surface area contributed by atoms with Crippen LogP contribution in [0.5, 0.6) is 0 Å². The summed E-state index contributed by atoms with van der Waals surface area (Å²) in [6.45, 7) is 0. The van der Waals surface area contributed by atoms with Crippen molar-refractivity contribution in [1.29, 1.82) is 0 Å². The van der Waals surface area contributed by atoms with Crippen molar-refractivity contribution in [2.24, 2.45) is 0 Å². The first-order valence-corrected chi connectivity index (χ1v) is 0.651. The van der Waals surface area contributed by atoms with Gasteiger partial charge in [0.15, 0.2) is 34.7 Å². The Kier molecular flexibility index (Phi) is 176. The van der Waals surface area contributed by atoms with Crippen LogP contribution in [0.15, 0.2) is 0 Å². The Morgan fingerprint density at radius 1 is 1.00 bits per heavy atom. The maximum atomic E-state index is 8.56. The van der Waals surface area contributed by atoms with Crippen molar-refractivity contribution in [1.82, 2.24) is 0 Å². The number of hydrogen-bond donors (Lipinski definition) is 2. The summed E-state index contributed by atoms with van der Waals surface area (Å²) < 4.78 is 0. The van der Waals surface area contributed by atoms with E-state index in [1.165, 1.54) is 0 Å². The number of carboxylic acid groups (broad SMARTS) is 2. The predicted octanol–water partition coefficient (Wildman–Crippen LogP) is -4.71. The van der Waals surface area contributed by atoms with Crippen molar-refractivity contribution >= 4 is 78.6 Å². The van der Waals surface area contributed by atoms with Crippen molar-refractivity contribution in [3.05, 3.63) is 0 Å². The second-order valence-electron chi connectivity index (χ2n) is 0.283. The van der Waals surface area contributed by atoms with Crippen LogP contribution in [0.25, 0.3) is 0 Å². The first-order chi connectivity index (χ1) is 1.73. The number of hydrogen-bond acceptors (Lipinski definition) is 1. The molecule has 5 nitrogen and oxygen atoms in total. The van der Waals surface area contributed by atoms with Crippen molar-refractivity contribution in [3.63, 3.8) is 0 Å². The molecule has 0 aliphatic heterocycles. The van der Waals surface area contributed by atoms with E-state index in [1.54, 1.807) is 0 Å². The summed E-state index contributed by atoms with van der Waals surface area (Å²) in [7, 11) is 0. The number of rotatable bonds is 0. The van der Waals surface area contributed by atoms with Crippen LogP contribution in [0.2, 0.25) is 0 Å². The molecular formula is CH14Al2CaO5. The summed E-state index contributed by atoms with van der Waals surface area (Å²) in [5, 5.41) is 13.9. The minimum absolute atomic E-state index is 0. The van der Waals surface area contributed by atoms with Crippen LogP contribution < -0.4 is 0 Å². The normalized spacial score (nSPS) is 2.67. The van der Waals surface area contributed by atoms with Gasteiger partial charge in [-0.25, -0.2) is 4.79 Å². The molecule has 9 heavy (non-hydrogen) atoms. The molecule has 0 unspecified atom stereocenters. The van der Waals surface area contributed by atoms with E-state index in [9.17, 15) is 0 Å². The molecule has 0 radical (unpaired) electrons. The minimum atomic E-state index is -1.83. The van der Waals surface area contributed by atoms with Gasteiger partial charge in [-0.1, -0.05) is 0 Å². The molecular weight excluding hydrogens is 186 g/mol. The van der Waals surface area contributed by atoms with E-state index in [4.69, 9.17) is 15.0 Å². The van der Waals surface area contributed by atoms with Crippen molar-refractivity contribution in [2.75, 3.05) is 0 Å². The molecule has 0 rings (SSSR count). The van der Waals surface area contributed by atoms with Gasteiger partial charge in [-0.3, -0.25) is 0 Å². The third-order valence-corrected chi connectivity index (χ3v) is 0. The molecule has 0 saturated carbocycles. The van der Waals surface area contributed by atoms with Crippen LogP contribution in [0.1, 0.15) is 0 Å². The summed E-state index contributed by atoms with van der Waals surface area (Å²) in [5.41, 5.74) is 0. The quantitative estimate of drug-likeness (QED) is 0.382. The van der Waals surface area contributed by atoms with Gasteiger partial charge in [-0.05, 0) is 0 Å². The Bertz CT molecular complexity index is 37.9. The topological polar surface area (TPSA) is 121 Å². The van der Waals surface area contributed by atoms with Gasteiger partial charge in [0.25, 0.3) is 0 Å². The molecule has 0 aromatic rings. The summed E-state index contributed by atoms with van der Waals surface area (Å²) in [6.07, 6.45) is -1.83. The fourth-order valence-corrected chi connectivity index (χ4v) is 0. The van der Waals surface area contributed by atoms with Gasteiger partial charge in [0.2, 0.25) is 0 Å². The second-order valence-corrected chi connectivity index (χ2v) is 0.283. The third-order valence-electron chi connectivity index (χ3n) is 0. The fraction of sp³-hybridized carbons (Fsp3) is 0. The van der Waals surface area contributed by atoms with Gasteiger partial charge in [0, 0.05) is 0 Å². The van der Waals surface area contributed by atoms with E-state index < -0.39 is 6.16 Å². The summed E-state index contributed by atoms with van der Waals surface area (Å²) in [5.74, 6) is 0. The van der Waals surface area contributed by atoms with Crippen LogP contribution in [-0.4, -0.2) is 99.8 Å². The van der Waals surface area contributed by atoms with Crippen molar-refractivity contribution in [3.8, 4) is 0 Å². The van der Waals surface area contributed by atoms with E-state index in [1.807, 2.05) is 0 Å². The van der Waals surface area contributed by atoms with Crippen LogP contribution in [0, 0.1) is 0 Å². The summed E-state index contributed by atoms with van der Waals surface area (Å²) in [4.78, 5) is 8.56. The molecule has 0 atom stereocenters. The van der Waals surface area contributed by atoms with Crippen molar-refractivity contribution < 1.29 is 26.0 Å². The zero-order valence-corrected chi connectivity index (χ0v) is 2.80. The van der Waals surface area contributed by atoms with Gasteiger partial charge < -0.3 is 21.2 Å². The first-order valence-electron chi connectivity index (χ1n) is 0.651. The average Bonchev–Trinajstić information content (AvgIpc) is 0.811. The molecule has 0 spiro atoms. The van der Waals surface area contributed by atoms with Gasteiger partial charge >= 0.3 is 43.9 Å². The van der Waals surface area contributed by atoms with Crippen LogP contribution >= 0.6 is 0 Å². The summed E-state index contributed by atoms with van der Waals surface area (Å²) >= 11 is 0. The molecule has 0 fully saturated rings. The van der Waals surface area contributed by atoms with E-state index in [2.05, 4.69) is 0 Å². The molecule has 0 aromatic heterocycles. The Labute approximate surface area is 103 Å². The predicted molar refractivity (Wildman–Crippen MR) is 46.3 cm³/mol. The van der Waals surface area contributed by atoms with E-state index in [0.717, 1.165) is 0 Å². The molecule has 0 aliphatic carbocycles. The van der Waals surface area contributed by atoms with E-state index in [-0.39, 0.29) is 83.4 Å². The molecule has 6 N–H and O–H groups in total. The third kappa shape index (κ3) is 234. The Morgan fingerprint density at radius 3 is 1.00 bits per heavy atom. The standard InChI is InChI=1S/CH2O3.2Al.Ca.2H2O.8H/c2-1(3)4;;;;;;;;;;;;;/h(H2,2,3,4);;;;2*1H2;;;;;;;;. The monoisotopic (exact) mass is 200 g/mol. The van der Waals surface area contributed by atoms with Crippen LogP contribution in [0.4, 0.5) is 4.79 Å². The SMILES string of the molecule is O.O.O=C(O)O.[AlH3].[AlH3].[CaH2]. The molecule has 0 amide bonds. The zero-order valence-electron chi connectivity index (χ0n) is 2.80. The molecule has 56 valence electrons. The summed E-state index contributed by atoms with van der Waals surface area (Å²) in [6, 6.07) is 0. The molecule has 0 aliphatic rings. The van der Waals surface area contributed by atoms with Gasteiger partial charge in [0.1, 0.15) is 0 Å². The Hall–Kier alpha value is 1.51. The van der Waals surface area contributed by atoms with Gasteiger partial charge in [0.05, 0.1) is 0 Å².